The van der Waals surface area contributed by atoms with Crippen LogP contribution in [-0.2, 0) is 0 Å². The maximum Gasteiger partial charge on any atom is 0.0991 e. The van der Waals surface area contributed by atoms with Gasteiger partial charge in [-0.15, -0.1) is 0 Å². The molecule has 11 rings (SSSR count). The van der Waals surface area contributed by atoms with Crippen LogP contribution in [0.25, 0.3) is 99.5 Å². The van der Waals surface area contributed by atoms with E-state index in [1.54, 1.807) is 0 Å². The Morgan fingerprint density at radius 3 is 1.10 bits per heavy atom. The van der Waals surface area contributed by atoms with Crippen LogP contribution in [0.15, 0.2) is 200 Å². The van der Waals surface area contributed by atoms with Crippen LogP contribution in [0.2, 0.25) is 0 Å². The highest BCUT2D eigenvalue weighted by atomic mass is 15.0. The molecule has 9 aromatic carbocycles. The normalized spacial score (nSPS) is 11.3. The van der Waals surface area contributed by atoms with Crippen LogP contribution in [-0.4, -0.2) is 9.13 Å². The van der Waals surface area contributed by atoms with Gasteiger partial charge in [-0.1, -0.05) is 127 Å². The molecule has 0 N–H and O–H groups in total. The number of para-hydroxylation sites is 3. The van der Waals surface area contributed by atoms with Gasteiger partial charge in [0.05, 0.1) is 45.3 Å². The van der Waals surface area contributed by atoms with E-state index in [1.807, 2.05) is 48.5 Å². The smallest absolute Gasteiger partial charge is 0.0991 e. The second kappa shape index (κ2) is 14.4. The van der Waals surface area contributed by atoms with E-state index in [1.165, 1.54) is 38.1 Å². The minimum absolute atomic E-state index is 0.651. The van der Waals surface area contributed by atoms with Crippen molar-refractivity contribution in [2.24, 2.45) is 0 Å². The number of hydrogen-bond donors (Lipinski definition) is 0. The first-order chi connectivity index (χ1) is 30.1. The molecule has 0 saturated carbocycles. The molecule has 0 radical (unpaired) electrons. The van der Waals surface area contributed by atoms with E-state index in [2.05, 4.69) is 180 Å². The zero-order valence-electron chi connectivity index (χ0n) is 33.3. The number of fused-ring (bicyclic) bond motifs is 6. The maximum atomic E-state index is 9.34. The number of nitrogens with zero attached hydrogens (tertiary/aromatic N) is 4. The molecule has 284 valence electrons. The Bertz CT molecular complexity index is 3400. The van der Waals surface area contributed by atoms with Crippen molar-refractivity contribution in [3.05, 3.63) is 217 Å². The fourth-order valence-electron chi connectivity index (χ4n) is 9.17. The molecule has 0 unspecified atom stereocenters. The first-order valence-corrected chi connectivity index (χ1v) is 20.4. The predicted molar refractivity (Wildman–Crippen MR) is 251 cm³/mol. The van der Waals surface area contributed by atoms with Crippen molar-refractivity contribution in [1.82, 2.24) is 9.13 Å². The first-order valence-electron chi connectivity index (χ1n) is 20.4. The van der Waals surface area contributed by atoms with E-state index < -0.39 is 0 Å². The molecule has 61 heavy (non-hydrogen) atoms. The van der Waals surface area contributed by atoms with Crippen LogP contribution < -0.4 is 0 Å². The summed E-state index contributed by atoms with van der Waals surface area (Å²) in [5.74, 6) is 0. The molecular formula is C57H36N4. The molecule has 0 aliphatic carbocycles. The summed E-state index contributed by atoms with van der Waals surface area (Å²) in [6, 6.07) is 75.1. The summed E-state index contributed by atoms with van der Waals surface area (Å²) in [7, 11) is 0. The van der Waals surface area contributed by atoms with Gasteiger partial charge < -0.3 is 9.13 Å². The van der Waals surface area contributed by atoms with E-state index in [-0.39, 0.29) is 0 Å². The van der Waals surface area contributed by atoms with Gasteiger partial charge in [-0.25, -0.2) is 0 Å². The molecule has 0 aliphatic heterocycles. The minimum atomic E-state index is 0.651. The van der Waals surface area contributed by atoms with Crippen LogP contribution in [0, 0.1) is 29.6 Å². The molecule has 0 bridgehead atoms. The molecule has 11 aromatic rings. The van der Waals surface area contributed by atoms with Gasteiger partial charge in [-0.2, -0.15) is 10.5 Å². The molecule has 4 nitrogen and oxygen atoms in total. The van der Waals surface area contributed by atoms with Crippen LogP contribution in [0.5, 0.6) is 0 Å². The fraction of sp³-hybridized carbons (Fsp3) is 0.0175. The Hall–Kier alpha value is -8.44. The standard InChI is InChI=1S/C57H36N4/c1-37-51(44-26-22-42(23-27-44)40-18-14-38(35-58)15-19-40)33-47(34-52(37)45-28-24-43(25-29-45)41-20-16-39(36-59)17-21-41)61-56-13-7-4-10-50(56)53-32-46(30-31-57(53)61)60-54-11-5-2-8-48(54)49-9-3-6-12-55(49)60/h2-34H,1H3. The number of hydrogen-bond acceptors (Lipinski definition) is 2. The SMILES string of the molecule is Cc1c(-c2ccc(-c3ccc(C#N)cc3)cc2)cc(-n2c3ccccc3c3cc(-n4c5ccccc5c5ccccc54)ccc32)cc1-c1ccc(-c2ccc(C#N)cc2)cc1. The second-order valence-corrected chi connectivity index (χ2v) is 15.6. The average molecular weight is 777 g/mol. The lowest BCUT2D eigenvalue weighted by atomic mass is 9.90. The average Bonchev–Trinajstić information content (AvgIpc) is 3.84. The van der Waals surface area contributed by atoms with Crippen LogP contribution >= 0.6 is 0 Å². The summed E-state index contributed by atoms with van der Waals surface area (Å²) in [6.07, 6.45) is 0. The summed E-state index contributed by atoms with van der Waals surface area (Å²) >= 11 is 0. The molecular weight excluding hydrogens is 741 g/mol. The monoisotopic (exact) mass is 776 g/mol. The number of benzene rings is 9. The van der Waals surface area contributed by atoms with Gasteiger partial charge in [0.1, 0.15) is 0 Å². The van der Waals surface area contributed by atoms with Gasteiger partial charge in [0.2, 0.25) is 0 Å². The molecule has 0 spiro atoms. The van der Waals surface area contributed by atoms with Crippen molar-refractivity contribution in [2.75, 3.05) is 0 Å². The van der Waals surface area contributed by atoms with Gasteiger partial charge >= 0.3 is 0 Å². The van der Waals surface area contributed by atoms with Crippen LogP contribution in [0.4, 0.5) is 0 Å². The minimum Gasteiger partial charge on any atom is -0.309 e. The van der Waals surface area contributed by atoms with Crippen molar-refractivity contribution in [3.63, 3.8) is 0 Å². The van der Waals surface area contributed by atoms with Crippen molar-refractivity contribution < 1.29 is 0 Å². The number of nitriles is 2. The molecule has 4 heteroatoms. The molecule has 2 aromatic heterocycles. The topological polar surface area (TPSA) is 57.4 Å². The zero-order chi connectivity index (χ0) is 41.0. The Labute approximate surface area is 353 Å². The fourth-order valence-corrected chi connectivity index (χ4v) is 9.17. The van der Waals surface area contributed by atoms with Crippen LogP contribution in [0.3, 0.4) is 0 Å². The van der Waals surface area contributed by atoms with E-state index in [9.17, 15) is 10.5 Å². The lowest BCUT2D eigenvalue weighted by Crippen LogP contribution is -1.99. The summed E-state index contributed by atoms with van der Waals surface area (Å²) in [5, 5.41) is 23.6. The van der Waals surface area contributed by atoms with E-state index in [4.69, 9.17) is 0 Å². The molecule has 2 heterocycles. The molecule has 0 aliphatic rings. The van der Waals surface area contributed by atoms with Crippen LogP contribution in [0.1, 0.15) is 16.7 Å². The highest BCUT2D eigenvalue weighted by Gasteiger charge is 2.19. The van der Waals surface area contributed by atoms with Gasteiger partial charge in [0, 0.05) is 32.9 Å². The molecule has 0 saturated heterocycles. The molecule has 0 fully saturated rings. The number of aromatic nitrogens is 2. The first kappa shape index (κ1) is 35.7. The Morgan fingerprint density at radius 2 is 0.672 bits per heavy atom. The van der Waals surface area contributed by atoms with Crippen molar-refractivity contribution in [3.8, 4) is 68.0 Å². The van der Waals surface area contributed by atoms with Gasteiger partial charge in [-0.3, -0.25) is 0 Å². The Morgan fingerprint density at radius 1 is 0.328 bits per heavy atom. The van der Waals surface area contributed by atoms with Gasteiger partial charge in [-0.05, 0) is 130 Å². The zero-order valence-corrected chi connectivity index (χ0v) is 33.3. The second-order valence-electron chi connectivity index (χ2n) is 15.6. The van der Waals surface area contributed by atoms with Gasteiger partial charge in [0.15, 0.2) is 0 Å². The highest BCUT2D eigenvalue weighted by molar-refractivity contribution is 6.12. The number of rotatable bonds is 6. The maximum absolute atomic E-state index is 9.34. The lowest BCUT2D eigenvalue weighted by Gasteiger charge is -2.18. The summed E-state index contributed by atoms with van der Waals surface area (Å²) in [6.45, 7) is 2.22. The highest BCUT2D eigenvalue weighted by Crippen LogP contribution is 2.41. The van der Waals surface area contributed by atoms with E-state index >= 15 is 0 Å². The molecule has 0 amide bonds. The largest absolute Gasteiger partial charge is 0.309 e. The Balaban J connectivity index is 1.10. The summed E-state index contributed by atoms with van der Waals surface area (Å²) in [5.41, 5.74) is 18.3. The Kier molecular flexibility index (Phi) is 8.45. The third-order valence-corrected chi connectivity index (χ3v) is 12.2. The van der Waals surface area contributed by atoms with E-state index in [0.29, 0.717) is 11.1 Å². The summed E-state index contributed by atoms with van der Waals surface area (Å²) in [4.78, 5) is 0. The quantitative estimate of drug-likeness (QED) is 0.169. The van der Waals surface area contributed by atoms with Gasteiger partial charge in [0.25, 0.3) is 0 Å². The van der Waals surface area contributed by atoms with Crippen molar-refractivity contribution in [1.29, 1.82) is 10.5 Å². The third kappa shape index (κ3) is 5.98. The third-order valence-electron chi connectivity index (χ3n) is 12.2. The van der Waals surface area contributed by atoms with Crippen molar-refractivity contribution >= 4 is 43.6 Å². The summed E-state index contributed by atoms with van der Waals surface area (Å²) < 4.78 is 4.81. The predicted octanol–water partition coefficient (Wildman–Crippen LogP) is 14.6. The lowest BCUT2D eigenvalue weighted by molar-refractivity contribution is 1.16. The molecule has 0 atom stereocenters. The van der Waals surface area contributed by atoms with Crippen molar-refractivity contribution in [2.45, 2.75) is 6.92 Å². The van der Waals surface area contributed by atoms with E-state index in [0.717, 1.165) is 66.9 Å².